The second-order valence-electron chi connectivity index (χ2n) is 13.0. The van der Waals surface area contributed by atoms with Crippen molar-refractivity contribution in [3.05, 3.63) is 99.3 Å². The highest BCUT2D eigenvalue weighted by atomic mass is 35.5. The number of nitrogens with one attached hydrogen (secondary N) is 1. The van der Waals surface area contributed by atoms with Crippen molar-refractivity contribution in [2.24, 2.45) is 0 Å². The van der Waals surface area contributed by atoms with Gasteiger partial charge in [0.1, 0.15) is 16.8 Å². The average molecular weight is 635 g/mol. The summed E-state index contributed by atoms with van der Waals surface area (Å²) in [6.07, 6.45) is 5.19. The molecule has 1 heterocycles. The van der Waals surface area contributed by atoms with Crippen LogP contribution in [-0.4, -0.2) is 38.4 Å². The Hall–Kier alpha value is -3.55. The minimum absolute atomic E-state index is 0.0466. The van der Waals surface area contributed by atoms with Crippen LogP contribution in [0.25, 0.3) is 11.0 Å². The third-order valence-electron chi connectivity index (χ3n) is 8.75. The summed E-state index contributed by atoms with van der Waals surface area (Å²) in [6, 6.07) is 20.1. The van der Waals surface area contributed by atoms with Gasteiger partial charge < -0.3 is 19.7 Å². The van der Waals surface area contributed by atoms with Crippen molar-refractivity contribution in [1.29, 1.82) is 0 Å². The largest absolute Gasteiger partial charge is 0.480 e. The minimum Gasteiger partial charge on any atom is -0.480 e. The van der Waals surface area contributed by atoms with Crippen molar-refractivity contribution in [2.45, 2.75) is 88.3 Å². The Morgan fingerprint density at radius 2 is 1.39 bits per heavy atom. The molecule has 0 atom stereocenters. The molecule has 4 aromatic rings. The summed E-state index contributed by atoms with van der Waals surface area (Å²) in [7, 11) is 0. The average Bonchev–Trinajstić information content (AvgIpc) is 3.75. The number of fused-ring (bicyclic) bond motifs is 1. The molecule has 0 bridgehead atoms. The molecule has 2 fully saturated rings. The molecule has 9 heteroatoms. The highest BCUT2D eigenvalue weighted by Gasteiger charge is 2.45. The molecule has 2 N–H and O–H groups in total. The van der Waals surface area contributed by atoms with Crippen LogP contribution >= 0.6 is 23.2 Å². The molecule has 2 saturated carbocycles. The number of aromatic nitrogens is 2. The number of ether oxygens (including phenoxy) is 1. The molecule has 0 spiro atoms. The number of hydrogen-bond acceptors (Lipinski definition) is 4. The van der Waals surface area contributed by atoms with Crippen molar-refractivity contribution in [3.63, 3.8) is 0 Å². The van der Waals surface area contributed by atoms with Gasteiger partial charge in [0.25, 0.3) is 0 Å². The topological polar surface area (TPSA) is 93.5 Å². The molecule has 0 unspecified atom stereocenters. The maximum atomic E-state index is 13.5. The number of alkyl carbamates (subject to hydrolysis) is 1. The first-order valence-corrected chi connectivity index (χ1v) is 16.0. The fourth-order valence-corrected chi connectivity index (χ4v) is 6.83. The van der Waals surface area contributed by atoms with Crippen LogP contribution in [-0.2, 0) is 14.9 Å². The van der Waals surface area contributed by atoms with Crippen LogP contribution in [0, 0.1) is 0 Å². The Labute approximate surface area is 267 Å². The number of carbonyl (C=O) groups excluding carboxylic acids is 1. The summed E-state index contributed by atoms with van der Waals surface area (Å²) in [5, 5.41) is 15.2. The SMILES string of the molecule is CC(C)(C)OC(=O)N[C@H]1CC[C@@H](n2c(C3CC3)nc3ccc(C(C(=O)O)(c4ccc(Cl)cc4)c4ccc(Cl)cc4)cc32)CC1. The van der Waals surface area contributed by atoms with E-state index >= 15 is 0 Å². The molecule has 0 saturated heterocycles. The van der Waals surface area contributed by atoms with Crippen LogP contribution in [0.1, 0.15) is 93.8 Å². The van der Waals surface area contributed by atoms with E-state index in [4.69, 9.17) is 32.9 Å². The lowest BCUT2D eigenvalue weighted by atomic mass is 9.69. The first kappa shape index (κ1) is 30.5. The van der Waals surface area contributed by atoms with Gasteiger partial charge in [0.05, 0.1) is 11.0 Å². The van der Waals surface area contributed by atoms with Gasteiger partial charge in [-0.25, -0.2) is 9.78 Å². The van der Waals surface area contributed by atoms with E-state index in [1.165, 1.54) is 0 Å². The number of carboxylic acid groups (broad SMARTS) is 1. The van der Waals surface area contributed by atoms with Gasteiger partial charge in [-0.2, -0.15) is 0 Å². The van der Waals surface area contributed by atoms with Gasteiger partial charge in [0.15, 0.2) is 0 Å². The third-order valence-corrected chi connectivity index (χ3v) is 9.25. The Kier molecular flexibility index (Phi) is 8.14. The van der Waals surface area contributed by atoms with Crippen LogP contribution < -0.4 is 5.32 Å². The number of hydrogen-bond donors (Lipinski definition) is 2. The van der Waals surface area contributed by atoms with Gasteiger partial charge in [0.2, 0.25) is 0 Å². The van der Waals surface area contributed by atoms with E-state index in [1.807, 2.05) is 39.0 Å². The fraction of sp³-hybridized carbons (Fsp3) is 0.400. The second kappa shape index (κ2) is 11.8. The number of imidazole rings is 1. The quantitative estimate of drug-likeness (QED) is 0.199. The molecule has 6 rings (SSSR count). The van der Waals surface area contributed by atoms with Crippen molar-refractivity contribution in [2.75, 3.05) is 0 Å². The Balaban J connectivity index is 1.42. The summed E-state index contributed by atoms with van der Waals surface area (Å²) in [4.78, 5) is 31.0. The maximum absolute atomic E-state index is 13.5. The lowest BCUT2D eigenvalue weighted by Crippen LogP contribution is -2.41. The maximum Gasteiger partial charge on any atom is 0.407 e. The van der Waals surface area contributed by atoms with Crippen molar-refractivity contribution in [1.82, 2.24) is 14.9 Å². The Morgan fingerprint density at radius 3 is 1.89 bits per heavy atom. The molecule has 1 amide bonds. The zero-order valence-electron chi connectivity index (χ0n) is 25.1. The molecule has 3 aromatic carbocycles. The predicted octanol–water partition coefficient (Wildman–Crippen LogP) is 8.65. The number of rotatable bonds is 7. The molecule has 44 heavy (non-hydrogen) atoms. The van der Waals surface area contributed by atoms with E-state index in [2.05, 4.69) is 9.88 Å². The molecular weight excluding hydrogens is 597 g/mol. The first-order valence-electron chi connectivity index (χ1n) is 15.2. The Morgan fingerprint density at radius 1 is 0.841 bits per heavy atom. The minimum atomic E-state index is -1.51. The summed E-state index contributed by atoms with van der Waals surface area (Å²) in [5.41, 5.74) is 1.56. The number of carboxylic acids is 1. The number of carbonyl (C=O) groups is 2. The summed E-state index contributed by atoms with van der Waals surface area (Å²) < 4.78 is 7.84. The monoisotopic (exact) mass is 633 g/mol. The van der Waals surface area contributed by atoms with E-state index in [1.54, 1.807) is 48.5 Å². The molecule has 0 radical (unpaired) electrons. The number of halogens is 2. The molecule has 2 aliphatic rings. The van der Waals surface area contributed by atoms with Crippen LogP contribution in [0.4, 0.5) is 4.79 Å². The van der Waals surface area contributed by atoms with Gasteiger partial charge >= 0.3 is 12.1 Å². The number of aliphatic carboxylic acids is 1. The van der Waals surface area contributed by atoms with Crippen molar-refractivity contribution in [3.8, 4) is 0 Å². The van der Waals surface area contributed by atoms with Gasteiger partial charge in [-0.15, -0.1) is 0 Å². The summed E-state index contributed by atoms with van der Waals surface area (Å²) >= 11 is 12.5. The van der Waals surface area contributed by atoms with Crippen molar-refractivity contribution >= 4 is 46.3 Å². The van der Waals surface area contributed by atoms with Gasteiger partial charge in [-0.05, 0) is 112 Å². The number of amides is 1. The van der Waals surface area contributed by atoms with E-state index in [9.17, 15) is 14.7 Å². The van der Waals surface area contributed by atoms with Crippen LogP contribution in [0.2, 0.25) is 10.0 Å². The molecule has 7 nitrogen and oxygen atoms in total. The van der Waals surface area contributed by atoms with Gasteiger partial charge in [0, 0.05) is 28.0 Å². The summed E-state index contributed by atoms with van der Waals surface area (Å²) in [6.45, 7) is 5.58. The van der Waals surface area contributed by atoms with Gasteiger partial charge in [-0.3, -0.25) is 4.79 Å². The van der Waals surface area contributed by atoms with E-state index < -0.39 is 17.0 Å². The fourth-order valence-electron chi connectivity index (χ4n) is 6.58. The molecule has 2 aliphatic carbocycles. The van der Waals surface area contributed by atoms with Crippen LogP contribution in [0.5, 0.6) is 0 Å². The van der Waals surface area contributed by atoms with Crippen LogP contribution in [0.3, 0.4) is 0 Å². The second-order valence-corrected chi connectivity index (χ2v) is 13.9. The molecule has 0 aliphatic heterocycles. The van der Waals surface area contributed by atoms with Crippen LogP contribution in [0.15, 0.2) is 66.7 Å². The lowest BCUT2D eigenvalue weighted by Gasteiger charge is -2.33. The zero-order chi connectivity index (χ0) is 31.2. The van der Waals surface area contributed by atoms with E-state index in [0.29, 0.717) is 32.7 Å². The zero-order valence-corrected chi connectivity index (χ0v) is 26.7. The molecule has 1 aromatic heterocycles. The Bertz CT molecular complexity index is 1630. The highest BCUT2D eigenvalue weighted by molar-refractivity contribution is 6.30. The van der Waals surface area contributed by atoms with E-state index in [0.717, 1.165) is 55.4 Å². The van der Waals surface area contributed by atoms with E-state index in [-0.39, 0.29) is 18.2 Å². The predicted molar refractivity (Wildman–Crippen MR) is 173 cm³/mol. The molecular formula is C35H37Cl2N3O4. The molecule has 230 valence electrons. The highest BCUT2D eigenvalue weighted by Crippen LogP contribution is 2.46. The van der Waals surface area contributed by atoms with Crippen molar-refractivity contribution < 1.29 is 19.4 Å². The normalized spacial score (nSPS) is 19.1. The lowest BCUT2D eigenvalue weighted by molar-refractivity contribution is -0.140. The third kappa shape index (κ3) is 5.92. The summed E-state index contributed by atoms with van der Waals surface area (Å²) in [5.74, 6) is 0.475. The number of benzene rings is 3. The standard InChI is InChI=1S/C35H37Cl2N3O4/c1-34(2,3)44-33(43)38-27-15-17-28(18-16-27)40-30-20-24(10-19-29(30)39-31(40)21-4-5-21)35(32(41)42,22-6-11-25(36)12-7-22)23-8-13-26(37)14-9-23/h6-14,19-21,27-28H,4-5,15-18H2,1-3H3,(H,38,43)(H,41,42)/t27-,28+. The number of nitrogens with zero attached hydrogens (tertiary/aromatic N) is 2. The van der Waals surface area contributed by atoms with Gasteiger partial charge in [-0.1, -0.05) is 53.5 Å². The first-order chi connectivity index (χ1) is 21.0. The smallest absolute Gasteiger partial charge is 0.407 e.